The molecule has 4 N–H and O–H groups in total. The predicted octanol–water partition coefficient (Wildman–Crippen LogP) is 0.887. The lowest BCUT2D eigenvalue weighted by Crippen LogP contribution is -2.24. The fourth-order valence-corrected chi connectivity index (χ4v) is 3.10. The van der Waals surface area contributed by atoms with E-state index in [-0.39, 0.29) is 25.1 Å². The van der Waals surface area contributed by atoms with Gasteiger partial charge < -0.3 is 15.9 Å². The van der Waals surface area contributed by atoms with E-state index >= 15 is 0 Å². The van der Waals surface area contributed by atoms with E-state index in [1.807, 2.05) is 0 Å². The number of rotatable bonds is 8. The third kappa shape index (κ3) is 6.02. The molecule has 33 heavy (non-hydrogen) atoms. The Bertz CT molecular complexity index is 1270. The number of primary amides is 1. The average molecular weight is 457 g/mol. The number of benzene rings is 1. The maximum atomic E-state index is 12.7. The Kier molecular flexibility index (Phi) is 7.53. The van der Waals surface area contributed by atoms with E-state index in [0.717, 1.165) is 6.33 Å². The topological polar surface area (TPSA) is 136 Å². The quantitative estimate of drug-likeness (QED) is 0.430. The van der Waals surface area contributed by atoms with Crippen molar-refractivity contribution < 1.29 is 23.8 Å². The Morgan fingerprint density at radius 2 is 2.00 bits per heavy atom. The van der Waals surface area contributed by atoms with E-state index in [1.165, 1.54) is 0 Å². The molecule has 0 spiro atoms. The number of carbonyl (C=O) groups is 1. The molecule has 0 radical (unpaired) electrons. The summed E-state index contributed by atoms with van der Waals surface area (Å²) in [5.74, 6) is 4.55. The summed E-state index contributed by atoms with van der Waals surface area (Å²) >= 11 is 0. The van der Waals surface area contributed by atoms with Crippen LogP contribution in [0.2, 0.25) is 0 Å². The predicted molar refractivity (Wildman–Crippen MR) is 114 cm³/mol. The molecule has 2 aromatic heterocycles. The standard InChI is InChI=1S/C22H21F2N5O4/c23-18(24)12-28-13-26-20(21(32)22(28)33)17-9-14(3-4-16(17)5-6-19(25)31)1-2-15-10-27-29(11-15)7-8-30/h3-4,9-11,13,18,30,32H,5-8,12H2,(H2,25,31). The number of nitrogens with two attached hydrogens (primary N) is 1. The van der Waals surface area contributed by atoms with Gasteiger partial charge in [0.05, 0.1) is 37.8 Å². The summed E-state index contributed by atoms with van der Waals surface area (Å²) in [5, 5.41) is 23.4. The second-order valence-corrected chi connectivity index (χ2v) is 7.09. The first-order chi connectivity index (χ1) is 15.8. The van der Waals surface area contributed by atoms with Crippen LogP contribution < -0.4 is 11.3 Å². The Balaban J connectivity index is 2.03. The molecule has 0 aliphatic rings. The van der Waals surface area contributed by atoms with Gasteiger partial charge in [0.15, 0.2) is 0 Å². The zero-order valence-corrected chi connectivity index (χ0v) is 17.4. The Labute approximate surface area is 187 Å². The van der Waals surface area contributed by atoms with Gasteiger partial charge in [-0.05, 0) is 24.1 Å². The van der Waals surface area contributed by atoms with Crippen LogP contribution in [0.4, 0.5) is 8.78 Å². The minimum Gasteiger partial charge on any atom is -0.502 e. The molecule has 0 atom stereocenters. The van der Waals surface area contributed by atoms with Crippen LogP contribution >= 0.6 is 0 Å². The molecule has 1 amide bonds. The van der Waals surface area contributed by atoms with Gasteiger partial charge in [-0.1, -0.05) is 17.9 Å². The SMILES string of the molecule is NC(=O)CCc1ccc(C#Cc2cnn(CCO)c2)cc1-c1ncn(CC(F)F)c(=O)c1O. The minimum absolute atomic E-state index is 0.0191. The second-order valence-electron chi connectivity index (χ2n) is 7.09. The molecule has 3 rings (SSSR count). The van der Waals surface area contributed by atoms with Gasteiger partial charge >= 0.3 is 0 Å². The highest BCUT2D eigenvalue weighted by atomic mass is 19.3. The van der Waals surface area contributed by atoms with E-state index in [1.54, 1.807) is 35.3 Å². The molecule has 0 fully saturated rings. The molecule has 0 bridgehead atoms. The van der Waals surface area contributed by atoms with Crippen molar-refractivity contribution in [1.29, 1.82) is 0 Å². The van der Waals surface area contributed by atoms with Crippen LogP contribution in [-0.4, -0.2) is 48.5 Å². The molecular weight excluding hydrogens is 436 g/mol. The molecule has 1 aromatic carbocycles. The van der Waals surface area contributed by atoms with Crippen LogP contribution in [0.25, 0.3) is 11.3 Å². The minimum atomic E-state index is -2.79. The van der Waals surface area contributed by atoms with E-state index in [4.69, 9.17) is 10.8 Å². The highest BCUT2D eigenvalue weighted by Crippen LogP contribution is 2.29. The van der Waals surface area contributed by atoms with Crippen LogP contribution in [0, 0.1) is 11.8 Å². The number of amides is 1. The number of carbonyl (C=O) groups excluding carboxylic acids is 1. The number of aliphatic hydroxyl groups excluding tert-OH is 1. The van der Waals surface area contributed by atoms with Gasteiger partial charge in [-0.25, -0.2) is 13.8 Å². The van der Waals surface area contributed by atoms with Crippen molar-refractivity contribution in [2.45, 2.75) is 32.4 Å². The largest absolute Gasteiger partial charge is 0.502 e. The van der Waals surface area contributed by atoms with Crippen molar-refractivity contribution in [2.24, 2.45) is 5.73 Å². The number of aromatic nitrogens is 4. The maximum absolute atomic E-state index is 12.7. The van der Waals surface area contributed by atoms with Gasteiger partial charge in [-0.3, -0.25) is 18.8 Å². The summed E-state index contributed by atoms with van der Waals surface area (Å²) in [6.45, 7) is -0.622. The summed E-state index contributed by atoms with van der Waals surface area (Å²) < 4.78 is 27.5. The number of alkyl halides is 2. The van der Waals surface area contributed by atoms with E-state index in [0.29, 0.717) is 33.4 Å². The summed E-state index contributed by atoms with van der Waals surface area (Å²) in [4.78, 5) is 27.6. The molecule has 3 aromatic rings. The van der Waals surface area contributed by atoms with Gasteiger partial charge in [0, 0.05) is 23.7 Å². The highest BCUT2D eigenvalue weighted by Gasteiger charge is 2.18. The summed E-state index contributed by atoms with van der Waals surface area (Å²) in [5.41, 5.74) is 6.16. The van der Waals surface area contributed by atoms with Gasteiger partial charge in [0.25, 0.3) is 12.0 Å². The van der Waals surface area contributed by atoms with Crippen molar-refractivity contribution in [3.8, 4) is 28.8 Å². The van der Waals surface area contributed by atoms with Crippen molar-refractivity contribution >= 4 is 5.91 Å². The summed E-state index contributed by atoms with van der Waals surface area (Å²) in [7, 11) is 0. The molecular formula is C22H21F2N5O4. The van der Waals surface area contributed by atoms with Crippen LogP contribution in [-0.2, 0) is 24.3 Å². The number of aromatic hydroxyl groups is 1. The van der Waals surface area contributed by atoms with Gasteiger partial charge in [0.1, 0.15) is 5.69 Å². The molecule has 0 saturated carbocycles. The fourth-order valence-electron chi connectivity index (χ4n) is 3.10. The molecule has 0 aliphatic carbocycles. The van der Waals surface area contributed by atoms with Crippen molar-refractivity contribution in [3.63, 3.8) is 0 Å². The van der Waals surface area contributed by atoms with Crippen LogP contribution in [0.1, 0.15) is 23.1 Å². The zero-order chi connectivity index (χ0) is 24.0. The first kappa shape index (κ1) is 23.6. The number of halogens is 2. The Morgan fingerprint density at radius 3 is 2.70 bits per heavy atom. The van der Waals surface area contributed by atoms with Crippen LogP contribution in [0.15, 0.2) is 41.7 Å². The molecule has 0 unspecified atom stereocenters. The lowest BCUT2D eigenvalue weighted by Gasteiger charge is -2.12. The van der Waals surface area contributed by atoms with Crippen molar-refractivity contribution in [3.05, 3.63) is 64.0 Å². The summed E-state index contributed by atoms with van der Waals surface area (Å²) in [6, 6.07) is 4.95. The molecule has 172 valence electrons. The van der Waals surface area contributed by atoms with Gasteiger partial charge in [-0.2, -0.15) is 5.10 Å². The molecule has 11 heteroatoms. The van der Waals surface area contributed by atoms with Crippen LogP contribution in [0.3, 0.4) is 0 Å². The van der Waals surface area contributed by atoms with E-state index in [9.17, 15) is 23.5 Å². The molecule has 9 nitrogen and oxygen atoms in total. The fraction of sp³-hybridized carbons (Fsp3) is 0.273. The van der Waals surface area contributed by atoms with Gasteiger partial charge in [0.2, 0.25) is 11.7 Å². The number of hydrogen-bond donors (Lipinski definition) is 3. The third-order valence-corrected chi connectivity index (χ3v) is 4.67. The average Bonchev–Trinajstić information content (AvgIpc) is 3.22. The van der Waals surface area contributed by atoms with E-state index in [2.05, 4.69) is 21.9 Å². The number of hydrogen-bond acceptors (Lipinski definition) is 6. The molecule has 2 heterocycles. The molecule has 0 aliphatic heterocycles. The highest BCUT2D eigenvalue weighted by molar-refractivity contribution is 5.75. The smallest absolute Gasteiger partial charge is 0.296 e. The van der Waals surface area contributed by atoms with E-state index < -0.39 is 30.2 Å². The monoisotopic (exact) mass is 457 g/mol. The van der Waals surface area contributed by atoms with Crippen molar-refractivity contribution in [1.82, 2.24) is 19.3 Å². The maximum Gasteiger partial charge on any atom is 0.296 e. The molecule has 0 saturated heterocycles. The third-order valence-electron chi connectivity index (χ3n) is 4.67. The lowest BCUT2D eigenvalue weighted by molar-refractivity contribution is -0.117. The van der Waals surface area contributed by atoms with Crippen molar-refractivity contribution in [2.75, 3.05) is 6.61 Å². The number of aryl methyl sites for hydroxylation is 1. The summed E-state index contributed by atoms with van der Waals surface area (Å²) in [6.07, 6.45) is 1.59. The first-order valence-electron chi connectivity index (χ1n) is 9.92. The number of aliphatic hydroxyl groups is 1. The van der Waals surface area contributed by atoms with Gasteiger partial charge in [-0.15, -0.1) is 0 Å². The number of nitrogens with zero attached hydrogens (tertiary/aromatic N) is 4. The van der Waals surface area contributed by atoms with Crippen LogP contribution in [0.5, 0.6) is 5.75 Å². The lowest BCUT2D eigenvalue weighted by atomic mass is 9.97. The first-order valence-corrected chi connectivity index (χ1v) is 9.92. The Hall–Kier alpha value is -4.04. The second kappa shape index (κ2) is 10.5. The normalized spacial score (nSPS) is 10.8. The Morgan fingerprint density at radius 1 is 1.24 bits per heavy atom. The zero-order valence-electron chi connectivity index (χ0n) is 17.4.